The number of aryl methyl sites for hydroxylation is 1. The Morgan fingerprint density at radius 3 is 2.79 bits per heavy atom. The van der Waals surface area contributed by atoms with E-state index in [0.29, 0.717) is 6.54 Å². The molecule has 0 saturated heterocycles. The molecule has 1 N–H and O–H groups in total. The number of nitrogens with one attached hydrogen (secondary N) is 1. The quantitative estimate of drug-likeness (QED) is 0.727. The summed E-state index contributed by atoms with van der Waals surface area (Å²) in [7, 11) is 1.86. The SMILES string of the molecule is Cn1nncc1CNc1ccccc1-n1cnnn1. The highest BCUT2D eigenvalue weighted by molar-refractivity contribution is 5.60. The van der Waals surface area contributed by atoms with E-state index in [1.165, 1.54) is 0 Å². The van der Waals surface area contributed by atoms with Crippen molar-refractivity contribution in [2.75, 3.05) is 5.32 Å². The van der Waals surface area contributed by atoms with Gasteiger partial charge >= 0.3 is 0 Å². The molecular weight excluding hydrogens is 244 g/mol. The Morgan fingerprint density at radius 1 is 1.16 bits per heavy atom. The van der Waals surface area contributed by atoms with Gasteiger partial charge in [-0.15, -0.1) is 10.2 Å². The molecule has 3 rings (SSSR count). The van der Waals surface area contributed by atoms with Crippen molar-refractivity contribution in [1.82, 2.24) is 35.2 Å². The molecule has 0 radical (unpaired) electrons. The van der Waals surface area contributed by atoms with E-state index in [1.54, 1.807) is 21.9 Å². The topological polar surface area (TPSA) is 86.3 Å². The first-order valence-electron chi connectivity index (χ1n) is 5.74. The van der Waals surface area contributed by atoms with Gasteiger partial charge in [-0.25, -0.2) is 0 Å². The van der Waals surface area contributed by atoms with Crippen LogP contribution in [-0.2, 0) is 13.6 Å². The van der Waals surface area contributed by atoms with Crippen LogP contribution in [0.15, 0.2) is 36.8 Å². The van der Waals surface area contributed by atoms with E-state index in [4.69, 9.17) is 0 Å². The van der Waals surface area contributed by atoms with E-state index in [1.807, 2.05) is 31.3 Å². The summed E-state index contributed by atoms with van der Waals surface area (Å²) in [5, 5.41) is 22.2. The molecule has 0 aliphatic rings. The molecule has 0 saturated carbocycles. The molecule has 1 aromatic carbocycles. The highest BCUT2D eigenvalue weighted by Gasteiger charge is 2.06. The average molecular weight is 256 g/mol. The summed E-state index contributed by atoms with van der Waals surface area (Å²) < 4.78 is 3.34. The van der Waals surface area contributed by atoms with Crippen LogP contribution >= 0.6 is 0 Å². The first-order valence-corrected chi connectivity index (χ1v) is 5.74. The zero-order valence-corrected chi connectivity index (χ0v) is 10.3. The third kappa shape index (κ3) is 2.28. The summed E-state index contributed by atoms with van der Waals surface area (Å²) in [5.74, 6) is 0. The van der Waals surface area contributed by atoms with Crippen LogP contribution in [0.1, 0.15) is 5.69 Å². The lowest BCUT2D eigenvalue weighted by Crippen LogP contribution is -2.08. The first kappa shape index (κ1) is 11.3. The maximum absolute atomic E-state index is 3.90. The van der Waals surface area contributed by atoms with Gasteiger partial charge in [0.25, 0.3) is 0 Å². The second kappa shape index (κ2) is 4.84. The zero-order valence-electron chi connectivity index (χ0n) is 10.3. The van der Waals surface area contributed by atoms with Crippen LogP contribution in [0.2, 0.25) is 0 Å². The van der Waals surface area contributed by atoms with Crippen molar-refractivity contribution >= 4 is 5.69 Å². The standard InChI is InChI=1S/C11H12N8/c1-18-9(7-13-16-18)6-12-10-4-2-3-5-11(10)19-8-14-15-17-19/h2-5,7-8,12H,6H2,1H3. The lowest BCUT2D eigenvalue weighted by molar-refractivity contribution is 0.683. The fourth-order valence-corrected chi connectivity index (χ4v) is 1.75. The molecule has 2 heterocycles. The molecule has 3 aromatic rings. The van der Waals surface area contributed by atoms with E-state index in [2.05, 4.69) is 31.2 Å². The Morgan fingerprint density at radius 2 is 2.05 bits per heavy atom. The first-order chi connectivity index (χ1) is 9.34. The zero-order chi connectivity index (χ0) is 13.1. The number of benzene rings is 1. The van der Waals surface area contributed by atoms with Gasteiger partial charge in [0.05, 0.1) is 29.8 Å². The van der Waals surface area contributed by atoms with Crippen LogP contribution in [0.4, 0.5) is 5.69 Å². The summed E-state index contributed by atoms with van der Waals surface area (Å²) >= 11 is 0. The normalized spacial score (nSPS) is 10.6. The summed E-state index contributed by atoms with van der Waals surface area (Å²) in [6.07, 6.45) is 3.29. The Kier molecular flexibility index (Phi) is 2.89. The molecule has 2 aromatic heterocycles. The minimum Gasteiger partial charge on any atom is -0.378 e. The minimum atomic E-state index is 0.628. The van der Waals surface area contributed by atoms with Gasteiger partial charge in [-0.2, -0.15) is 4.68 Å². The van der Waals surface area contributed by atoms with Crippen LogP contribution in [0.25, 0.3) is 5.69 Å². The second-order valence-electron chi connectivity index (χ2n) is 3.97. The van der Waals surface area contributed by atoms with Gasteiger partial charge in [-0.05, 0) is 22.6 Å². The predicted octanol–water partition coefficient (Wildman–Crippen LogP) is 0.403. The van der Waals surface area contributed by atoms with E-state index < -0.39 is 0 Å². The summed E-state index contributed by atoms with van der Waals surface area (Å²) in [6.45, 7) is 0.628. The highest BCUT2D eigenvalue weighted by Crippen LogP contribution is 2.18. The summed E-state index contributed by atoms with van der Waals surface area (Å²) in [4.78, 5) is 0. The molecule has 0 aliphatic heterocycles. The molecule has 19 heavy (non-hydrogen) atoms. The lowest BCUT2D eigenvalue weighted by atomic mass is 10.2. The Balaban J connectivity index is 1.84. The van der Waals surface area contributed by atoms with Crippen LogP contribution in [0.3, 0.4) is 0 Å². The Bertz CT molecular complexity index is 657. The maximum atomic E-state index is 3.90. The number of hydrogen-bond donors (Lipinski definition) is 1. The highest BCUT2D eigenvalue weighted by atomic mass is 15.5. The Labute approximate surface area is 109 Å². The molecule has 0 bridgehead atoms. The monoisotopic (exact) mass is 256 g/mol. The van der Waals surface area contributed by atoms with Crippen molar-refractivity contribution in [2.45, 2.75) is 6.54 Å². The average Bonchev–Trinajstić information content (AvgIpc) is 3.08. The van der Waals surface area contributed by atoms with Crippen molar-refractivity contribution < 1.29 is 0 Å². The van der Waals surface area contributed by atoms with Gasteiger partial charge in [-0.3, -0.25) is 4.68 Å². The van der Waals surface area contributed by atoms with Gasteiger partial charge in [0.1, 0.15) is 6.33 Å². The van der Waals surface area contributed by atoms with Crippen molar-refractivity contribution in [2.24, 2.45) is 7.05 Å². The largest absolute Gasteiger partial charge is 0.378 e. The van der Waals surface area contributed by atoms with E-state index in [0.717, 1.165) is 17.1 Å². The molecular formula is C11H12N8. The third-order valence-corrected chi connectivity index (χ3v) is 2.77. The fraction of sp³-hybridized carbons (Fsp3) is 0.182. The molecule has 96 valence electrons. The second-order valence-corrected chi connectivity index (χ2v) is 3.97. The van der Waals surface area contributed by atoms with Crippen LogP contribution in [0.5, 0.6) is 0 Å². The number of aromatic nitrogens is 7. The number of rotatable bonds is 4. The molecule has 0 unspecified atom stereocenters. The van der Waals surface area contributed by atoms with Crippen molar-refractivity contribution in [3.8, 4) is 5.69 Å². The van der Waals surface area contributed by atoms with Gasteiger partial charge in [0.15, 0.2) is 0 Å². The van der Waals surface area contributed by atoms with E-state index in [9.17, 15) is 0 Å². The number of anilines is 1. The van der Waals surface area contributed by atoms with Gasteiger partial charge in [0.2, 0.25) is 0 Å². The third-order valence-electron chi connectivity index (χ3n) is 2.77. The number of tetrazole rings is 1. The smallest absolute Gasteiger partial charge is 0.143 e. The predicted molar refractivity (Wildman–Crippen MR) is 67.5 cm³/mol. The maximum Gasteiger partial charge on any atom is 0.143 e. The van der Waals surface area contributed by atoms with Crippen molar-refractivity contribution in [3.63, 3.8) is 0 Å². The lowest BCUT2D eigenvalue weighted by Gasteiger charge is -2.10. The summed E-state index contributed by atoms with van der Waals surface area (Å²) in [5.41, 5.74) is 2.82. The molecule has 0 fully saturated rings. The van der Waals surface area contributed by atoms with Crippen LogP contribution < -0.4 is 5.32 Å². The molecule has 0 spiro atoms. The number of nitrogens with zero attached hydrogens (tertiary/aromatic N) is 7. The van der Waals surface area contributed by atoms with Crippen molar-refractivity contribution in [3.05, 3.63) is 42.5 Å². The molecule has 0 amide bonds. The van der Waals surface area contributed by atoms with Crippen molar-refractivity contribution in [1.29, 1.82) is 0 Å². The minimum absolute atomic E-state index is 0.628. The van der Waals surface area contributed by atoms with Gasteiger partial charge in [0, 0.05) is 7.05 Å². The van der Waals surface area contributed by atoms with Crippen LogP contribution in [0, 0.1) is 0 Å². The Hall–Kier alpha value is -2.77. The van der Waals surface area contributed by atoms with Crippen LogP contribution in [-0.4, -0.2) is 35.2 Å². The molecule has 8 heteroatoms. The van der Waals surface area contributed by atoms with E-state index >= 15 is 0 Å². The number of para-hydroxylation sites is 2. The molecule has 0 atom stereocenters. The summed E-state index contributed by atoms with van der Waals surface area (Å²) in [6, 6.07) is 7.81. The molecule has 0 aliphatic carbocycles. The van der Waals surface area contributed by atoms with E-state index in [-0.39, 0.29) is 0 Å². The fourth-order valence-electron chi connectivity index (χ4n) is 1.75. The number of hydrogen-bond acceptors (Lipinski definition) is 6. The van der Waals surface area contributed by atoms with Gasteiger partial charge < -0.3 is 5.32 Å². The molecule has 8 nitrogen and oxygen atoms in total. The van der Waals surface area contributed by atoms with Gasteiger partial charge in [-0.1, -0.05) is 17.3 Å².